The van der Waals surface area contributed by atoms with Crippen LogP contribution in [-0.2, 0) is 5.75 Å². The SMILES string of the molecule is CNc1nc(CSc2cccc(Cl)c2)ncc1I. The fourth-order valence-electron chi connectivity index (χ4n) is 1.35. The largest absolute Gasteiger partial charge is 0.372 e. The van der Waals surface area contributed by atoms with E-state index in [1.807, 2.05) is 37.5 Å². The number of rotatable bonds is 4. The summed E-state index contributed by atoms with van der Waals surface area (Å²) < 4.78 is 1.02. The summed E-state index contributed by atoms with van der Waals surface area (Å²) in [6.07, 6.45) is 1.83. The predicted octanol–water partition coefficient (Wildman–Crippen LogP) is 4.07. The van der Waals surface area contributed by atoms with Crippen molar-refractivity contribution in [2.24, 2.45) is 0 Å². The van der Waals surface area contributed by atoms with E-state index < -0.39 is 0 Å². The number of hydrogen-bond donors (Lipinski definition) is 1. The molecule has 0 aliphatic heterocycles. The first kappa shape index (κ1) is 13.9. The molecule has 94 valence electrons. The van der Waals surface area contributed by atoms with Crippen LogP contribution in [0.3, 0.4) is 0 Å². The van der Waals surface area contributed by atoms with Crippen LogP contribution in [0.15, 0.2) is 35.4 Å². The van der Waals surface area contributed by atoms with Crippen LogP contribution in [0, 0.1) is 3.57 Å². The highest BCUT2D eigenvalue weighted by Crippen LogP contribution is 2.24. The summed E-state index contributed by atoms with van der Waals surface area (Å²) >= 11 is 9.82. The summed E-state index contributed by atoms with van der Waals surface area (Å²) in [5, 5.41) is 3.80. The summed E-state index contributed by atoms with van der Waals surface area (Å²) in [5.41, 5.74) is 0. The van der Waals surface area contributed by atoms with E-state index in [1.165, 1.54) is 0 Å². The minimum atomic E-state index is 0.728. The zero-order valence-electron chi connectivity index (χ0n) is 9.65. The molecule has 0 saturated carbocycles. The van der Waals surface area contributed by atoms with Gasteiger partial charge in [-0.2, -0.15) is 0 Å². The monoisotopic (exact) mass is 391 g/mol. The molecule has 1 aromatic heterocycles. The van der Waals surface area contributed by atoms with Crippen LogP contribution in [0.5, 0.6) is 0 Å². The highest BCUT2D eigenvalue weighted by Gasteiger charge is 2.04. The fraction of sp³-hybridized carbons (Fsp3) is 0.167. The zero-order chi connectivity index (χ0) is 13.0. The molecule has 3 nitrogen and oxygen atoms in total. The van der Waals surface area contributed by atoms with Crippen molar-refractivity contribution in [3.8, 4) is 0 Å². The lowest BCUT2D eigenvalue weighted by molar-refractivity contribution is 1.02. The maximum absolute atomic E-state index is 5.94. The molecular formula is C12H11ClIN3S. The van der Waals surface area contributed by atoms with Crippen molar-refractivity contribution < 1.29 is 0 Å². The van der Waals surface area contributed by atoms with E-state index in [9.17, 15) is 0 Å². The van der Waals surface area contributed by atoms with Gasteiger partial charge in [-0.15, -0.1) is 11.8 Å². The lowest BCUT2D eigenvalue weighted by atomic mass is 10.4. The molecule has 0 saturated heterocycles. The Hall–Kier alpha value is -0.530. The normalized spacial score (nSPS) is 10.4. The molecule has 0 fully saturated rings. The van der Waals surface area contributed by atoms with Crippen molar-refractivity contribution >= 4 is 51.8 Å². The molecule has 6 heteroatoms. The molecule has 1 heterocycles. The number of nitrogens with one attached hydrogen (secondary N) is 1. The minimum Gasteiger partial charge on any atom is -0.372 e. The average molecular weight is 392 g/mol. The van der Waals surface area contributed by atoms with Crippen molar-refractivity contribution in [3.63, 3.8) is 0 Å². The molecule has 0 radical (unpaired) electrons. The highest BCUT2D eigenvalue weighted by atomic mass is 127. The number of nitrogens with zero attached hydrogens (tertiary/aromatic N) is 2. The number of aromatic nitrogens is 2. The second-order valence-electron chi connectivity index (χ2n) is 3.48. The van der Waals surface area contributed by atoms with Crippen LogP contribution in [0.2, 0.25) is 5.02 Å². The minimum absolute atomic E-state index is 0.728. The van der Waals surface area contributed by atoms with Crippen molar-refractivity contribution in [1.29, 1.82) is 0 Å². The Kier molecular flexibility index (Phi) is 5.08. The highest BCUT2D eigenvalue weighted by molar-refractivity contribution is 14.1. The van der Waals surface area contributed by atoms with E-state index in [1.54, 1.807) is 11.8 Å². The van der Waals surface area contributed by atoms with Crippen molar-refractivity contribution in [2.75, 3.05) is 12.4 Å². The van der Waals surface area contributed by atoms with Crippen LogP contribution in [0.25, 0.3) is 0 Å². The third-order valence-corrected chi connectivity index (χ3v) is 4.21. The number of halogens is 2. The van der Waals surface area contributed by atoms with Gasteiger partial charge in [-0.25, -0.2) is 9.97 Å². The van der Waals surface area contributed by atoms with E-state index in [0.717, 1.165) is 30.9 Å². The first-order valence-corrected chi connectivity index (χ1v) is 7.71. The van der Waals surface area contributed by atoms with Gasteiger partial charge in [0.1, 0.15) is 11.6 Å². The van der Waals surface area contributed by atoms with Crippen molar-refractivity contribution in [3.05, 3.63) is 44.9 Å². The molecule has 0 amide bonds. The fourth-order valence-corrected chi connectivity index (χ4v) is 2.96. The Labute approximate surface area is 129 Å². The lowest BCUT2D eigenvalue weighted by Gasteiger charge is -2.05. The third-order valence-electron chi connectivity index (χ3n) is 2.19. The van der Waals surface area contributed by atoms with Gasteiger partial charge in [-0.05, 0) is 40.8 Å². The topological polar surface area (TPSA) is 37.8 Å². The summed E-state index contributed by atoms with van der Waals surface area (Å²) in [7, 11) is 1.86. The Morgan fingerprint density at radius 1 is 1.44 bits per heavy atom. The standard InChI is InChI=1S/C12H11ClIN3S/c1-15-12-10(14)6-16-11(17-12)7-18-9-4-2-3-8(13)5-9/h2-6H,7H2,1H3,(H,15,16,17). The van der Waals surface area contributed by atoms with Crippen LogP contribution < -0.4 is 5.32 Å². The van der Waals surface area contributed by atoms with E-state index in [0.29, 0.717) is 0 Å². The molecule has 0 atom stereocenters. The van der Waals surface area contributed by atoms with Gasteiger partial charge in [0.25, 0.3) is 0 Å². The van der Waals surface area contributed by atoms with Gasteiger partial charge in [-0.1, -0.05) is 17.7 Å². The molecule has 0 spiro atoms. The van der Waals surface area contributed by atoms with Crippen LogP contribution >= 0.6 is 46.0 Å². The van der Waals surface area contributed by atoms with Gasteiger partial charge in [-0.3, -0.25) is 0 Å². The van der Waals surface area contributed by atoms with Gasteiger partial charge in [0.05, 0.1) is 9.32 Å². The second kappa shape index (κ2) is 6.58. The summed E-state index contributed by atoms with van der Waals surface area (Å²) in [5.74, 6) is 2.41. The van der Waals surface area contributed by atoms with E-state index in [-0.39, 0.29) is 0 Å². The van der Waals surface area contributed by atoms with E-state index in [2.05, 4.69) is 37.9 Å². The van der Waals surface area contributed by atoms with E-state index >= 15 is 0 Å². The van der Waals surface area contributed by atoms with E-state index in [4.69, 9.17) is 11.6 Å². The van der Waals surface area contributed by atoms with Gasteiger partial charge in [0.2, 0.25) is 0 Å². The van der Waals surface area contributed by atoms with Crippen molar-refractivity contribution in [2.45, 2.75) is 10.6 Å². The number of thioether (sulfide) groups is 1. The van der Waals surface area contributed by atoms with Crippen LogP contribution in [-0.4, -0.2) is 17.0 Å². The molecule has 1 N–H and O–H groups in total. The maximum Gasteiger partial charge on any atom is 0.142 e. The Balaban J connectivity index is 2.06. The first-order valence-electron chi connectivity index (χ1n) is 5.26. The Morgan fingerprint density at radius 3 is 3.00 bits per heavy atom. The molecule has 0 aliphatic rings. The molecule has 2 aromatic rings. The summed E-state index contributed by atoms with van der Waals surface area (Å²) in [6, 6.07) is 7.78. The van der Waals surface area contributed by atoms with Crippen LogP contribution in [0.1, 0.15) is 5.82 Å². The Morgan fingerprint density at radius 2 is 2.28 bits per heavy atom. The zero-order valence-corrected chi connectivity index (χ0v) is 13.4. The maximum atomic E-state index is 5.94. The summed E-state index contributed by atoms with van der Waals surface area (Å²) in [4.78, 5) is 9.88. The smallest absolute Gasteiger partial charge is 0.142 e. The molecule has 2 rings (SSSR count). The molecule has 1 aromatic carbocycles. The first-order chi connectivity index (χ1) is 8.69. The van der Waals surface area contributed by atoms with Gasteiger partial charge in [0.15, 0.2) is 0 Å². The second-order valence-corrected chi connectivity index (χ2v) is 6.13. The van der Waals surface area contributed by atoms with Gasteiger partial charge in [0, 0.05) is 23.2 Å². The lowest BCUT2D eigenvalue weighted by Crippen LogP contribution is -2.01. The van der Waals surface area contributed by atoms with Crippen molar-refractivity contribution in [1.82, 2.24) is 9.97 Å². The molecular weight excluding hydrogens is 381 g/mol. The van der Waals surface area contributed by atoms with Crippen LogP contribution in [0.4, 0.5) is 5.82 Å². The molecule has 0 aliphatic carbocycles. The predicted molar refractivity (Wildman–Crippen MR) is 85.3 cm³/mol. The quantitative estimate of drug-likeness (QED) is 0.630. The molecule has 18 heavy (non-hydrogen) atoms. The molecule has 0 unspecified atom stereocenters. The van der Waals surface area contributed by atoms with Gasteiger partial charge < -0.3 is 5.32 Å². The Bertz CT molecular complexity index is 551. The summed E-state index contributed by atoms with van der Waals surface area (Å²) in [6.45, 7) is 0. The number of hydrogen-bond acceptors (Lipinski definition) is 4. The average Bonchev–Trinajstić information content (AvgIpc) is 2.38. The number of benzene rings is 1. The number of anilines is 1. The molecule has 0 bridgehead atoms. The third kappa shape index (κ3) is 3.73. The van der Waals surface area contributed by atoms with Gasteiger partial charge >= 0.3 is 0 Å².